The summed E-state index contributed by atoms with van der Waals surface area (Å²) >= 11 is 0. The van der Waals surface area contributed by atoms with Gasteiger partial charge in [0, 0.05) is 5.56 Å². The van der Waals surface area contributed by atoms with Crippen LogP contribution in [0.1, 0.15) is 22.8 Å². The topological polar surface area (TPSA) is 46.5 Å². The molecule has 0 heterocycles. The van der Waals surface area contributed by atoms with Gasteiger partial charge in [0.15, 0.2) is 0 Å². The zero-order valence-corrected chi connectivity index (χ0v) is 11.6. The Labute approximate surface area is 125 Å². The van der Waals surface area contributed by atoms with Crippen LogP contribution in [-0.4, -0.2) is 11.1 Å². The van der Waals surface area contributed by atoms with E-state index in [4.69, 9.17) is 4.74 Å². The number of hydrogen-bond donors (Lipinski definition) is 1. The molecule has 0 aromatic heterocycles. The number of aryl methyl sites for hydroxylation is 1. The molecule has 0 radical (unpaired) electrons. The molecule has 0 aliphatic heterocycles. The zero-order chi connectivity index (χ0) is 16.3. The Morgan fingerprint density at radius 3 is 2.32 bits per heavy atom. The second kappa shape index (κ2) is 6.09. The van der Waals surface area contributed by atoms with Gasteiger partial charge in [-0.3, -0.25) is 0 Å². The lowest BCUT2D eigenvalue weighted by Crippen LogP contribution is -2.18. The van der Waals surface area contributed by atoms with Crippen molar-refractivity contribution in [3.8, 4) is 5.75 Å². The van der Waals surface area contributed by atoms with Gasteiger partial charge >= 0.3 is 12.1 Å². The third-order valence-corrected chi connectivity index (χ3v) is 3.02. The fraction of sp³-hybridized carbons (Fsp3) is 0.188. The number of rotatable bonds is 4. The van der Waals surface area contributed by atoms with Gasteiger partial charge in [-0.25, -0.2) is 4.79 Å². The first-order chi connectivity index (χ1) is 10.3. The molecule has 0 saturated heterocycles. The van der Waals surface area contributed by atoms with Crippen LogP contribution in [-0.2, 0) is 11.0 Å². The predicted molar refractivity (Wildman–Crippen MR) is 73.6 cm³/mol. The number of aliphatic carboxylic acids is 1. The van der Waals surface area contributed by atoms with E-state index in [2.05, 4.69) is 0 Å². The molecular formula is C16H13F3O3. The van der Waals surface area contributed by atoms with Crippen molar-refractivity contribution in [1.29, 1.82) is 0 Å². The van der Waals surface area contributed by atoms with E-state index in [1.807, 2.05) is 6.92 Å². The second-order valence-corrected chi connectivity index (χ2v) is 4.77. The van der Waals surface area contributed by atoms with E-state index < -0.39 is 23.8 Å². The third-order valence-electron chi connectivity index (χ3n) is 3.02. The Balaban J connectivity index is 2.29. The van der Waals surface area contributed by atoms with Crippen molar-refractivity contribution in [2.45, 2.75) is 19.2 Å². The quantitative estimate of drug-likeness (QED) is 0.919. The average molecular weight is 310 g/mol. The number of alkyl halides is 3. The highest BCUT2D eigenvalue weighted by Gasteiger charge is 2.31. The molecule has 0 aliphatic carbocycles. The fourth-order valence-corrected chi connectivity index (χ4v) is 1.88. The van der Waals surface area contributed by atoms with Crippen molar-refractivity contribution >= 4 is 5.97 Å². The summed E-state index contributed by atoms with van der Waals surface area (Å²) < 4.78 is 43.2. The number of carboxylic acids is 1. The van der Waals surface area contributed by atoms with E-state index in [1.54, 1.807) is 24.3 Å². The fourth-order valence-electron chi connectivity index (χ4n) is 1.88. The molecule has 0 unspecified atom stereocenters. The summed E-state index contributed by atoms with van der Waals surface area (Å²) in [6, 6.07) is 10.7. The summed E-state index contributed by atoms with van der Waals surface area (Å²) in [6.07, 6.45) is -5.88. The molecule has 2 aromatic rings. The Morgan fingerprint density at radius 2 is 1.77 bits per heavy atom. The first-order valence-electron chi connectivity index (χ1n) is 6.40. The van der Waals surface area contributed by atoms with Gasteiger partial charge < -0.3 is 9.84 Å². The van der Waals surface area contributed by atoms with Gasteiger partial charge in [0.2, 0.25) is 6.10 Å². The van der Waals surface area contributed by atoms with Gasteiger partial charge in [-0.2, -0.15) is 13.2 Å². The van der Waals surface area contributed by atoms with Crippen LogP contribution in [0.4, 0.5) is 13.2 Å². The Bertz CT molecular complexity index is 663. The molecule has 0 aliphatic rings. The second-order valence-electron chi connectivity index (χ2n) is 4.77. The van der Waals surface area contributed by atoms with E-state index >= 15 is 0 Å². The van der Waals surface area contributed by atoms with Crippen molar-refractivity contribution in [2.24, 2.45) is 0 Å². The van der Waals surface area contributed by atoms with Crippen molar-refractivity contribution in [2.75, 3.05) is 0 Å². The van der Waals surface area contributed by atoms with Crippen LogP contribution in [0.15, 0.2) is 48.5 Å². The summed E-state index contributed by atoms with van der Waals surface area (Å²) in [5, 5.41) is 9.24. The molecule has 0 saturated carbocycles. The number of hydrogen-bond acceptors (Lipinski definition) is 2. The van der Waals surface area contributed by atoms with E-state index in [-0.39, 0.29) is 5.75 Å². The first kappa shape index (κ1) is 15.9. The smallest absolute Gasteiger partial charge is 0.416 e. The minimum atomic E-state index is -4.51. The van der Waals surface area contributed by atoms with Gasteiger partial charge in [-0.1, -0.05) is 35.9 Å². The lowest BCUT2D eigenvalue weighted by molar-refractivity contribution is -0.145. The van der Waals surface area contributed by atoms with Crippen LogP contribution in [0, 0.1) is 6.92 Å². The summed E-state index contributed by atoms with van der Waals surface area (Å²) in [7, 11) is 0. The molecule has 116 valence electrons. The van der Waals surface area contributed by atoms with Crippen LogP contribution in [0.5, 0.6) is 5.75 Å². The highest BCUT2D eigenvalue weighted by molar-refractivity contribution is 5.74. The zero-order valence-electron chi connectivity index (χ0n) is 11.6. The summed E-state index contributed by atoms with van der Waals surface area (Å²) in [5.41, 5.74) is 0.403. The van der Waals surface area contributed by atoms with Crippen molar-refractivity contribution in [1.82, 2.24) is 0 Å². The Kier molecular flexibility index (Phi) is 4.40. The summed E-state index contributed by atoms with van der Waals surface area (Å²) in [5.74, 6) is -1.43. The van der Waals surface area contributed by atoms with E-state index in [9.17, 15) is 23.1 Å². The number of carboxylic acid groups (broad SMARTS) is 1. The molecule has 0 fully saturated rings. The van der Waals surface area contributed by atoms with Crippen LogP contribution < -0.4 is 4.74 Å². The maximum atomic E-state index is 12.7. The summed E-state index contributed by atoms with van der Waals surface area (Å²) in [4.78, 5) is 11.3. The molecule has 0 bridgehead atoms. The normalized spacial score (nSPS) is 12.7. The Hall–Kier alpha value is -2.50. The molecule has 3 nitrogen and oxygen atoms in total. The molecular weight excluding hydrogens is 297 g/mol. The van der Waals surface area contributed by atoms with Gasteiger partial charge in [0.25, 0.3) is 0 Å². The standard InChI is InChI=1S/C16H13F3O3/c1-10-5-7-11(8-6-10)14(15(20)21)22-13-4-2-3-12(9-13)16(17,18)19/h2-9,14H,1H3,(H,20,21)/t14-/m1/s1. The lowest BCUT2D eigenvalue weighted by atomic mass is 10.1. The average Bonchev–Trinajstić information content (AvgIpc) is 2.45. The number of carbonyl (C=O) groups is 1. The van der Waals surface area contributed by atoms with Gasteiger partial charge in [-0.05, 0) is 25.1 Å². The molecule has 0 spiro atoms. The number of halogens is 3. The molecule has 1 N–H and O–H groups in total. The molecule has 22 heavy (non-hydrogen) atoms. The maximum Gasteiger partial charge on any atom is 0.416 e. The maximum absolute atomic E-state index is 12.7. The SMILES string of the molecule is Cc1ccc([C@@H](Oc2cccc(C(F)(F)F)c2)C(=O)O)cc1. The Morgan fingerprint density at radius 1 is 1.14 bits per heavy atom. The number of benzene rings is 2. The summed E-state index contributed by atoms with van der Waals surface area (Å²) in [6.45, 7) is 1.84. The monoisotopic (exact) mass is 310 g/mol. The van der Waals surface area contributed by atoms with Crippen molar-refractivity contribution in [3.63, 3.8) is 0 Å². The van der Waals surface area contributed by atoms with Crippen LogP contribution in [0.25, 0.3) is 0 Å². The van der Waals surface area contributed by atoms with E-state index in [0.717, 1.165) is 17.7 Å². The molecule has 6 heteroatoms. The third kappa shape index (κ3) is 3.78. The van der Waals surface area contributed by atoms with Gasteiger partial charge in [-0.15, -0.1) is 0 Å². The lowest BCUT2D eigenvalue weighted by Gasteiger charge is -2.17. The van der Waals surface area contributed by atoms with Crippen molar-refractivity contribution in [3.05, 3.63) is 65.2 Å². The molecule has 2 aromatic carbocycles. The van der Waals surface area contributed by atoms with Crippen LogP contribution in [0.2, 0.25) is 0 Å². The minimum Gasteiger partial charge on any atom is -0.478 e. The molecule has 1 atom stereocenters. The molecule has 2 rings (SSSR count). The van der Waals surface area contributed by atoms with E-state index in [1.165, 1.54) is 12.1 Å². The highest BCUT2D eigenvalue weighted by atomic mass is 19.4. The van der Waals surface area contributed by atoms with Gasteiger partial charge in [0.1, 0.15) is 5.75 Å². The van der Waals surface area contributed by atoms with Crippen molar-refractivity contribution < 1.29 is 27.8 Å². The first-order valence-corrected chi connectivity index (χ1v) is 6.40. The number of ether oxygens (including phenoxy) is 1. The van der Waals surface area contributed by atoms with Crippen LogP contribution in [0.3, 0.4) is 0 Å². The molecule has 0 amide bonds. The largest absolute Gasteiger partial charge is 0.478 e. The van der Waals surface area contributed by atoms with E-state index in [0.29, 0.717) is 5.56 Å². The minimum absolute atomic E-state index is 0.150. The predicted octanol–water partition coefficient (Wildman–Crippen LogP) is 4.22. The van der Waals surface area contributed by atoms with Gasteiger partial charge in [0.05, 0.1) is 5.56 Å². The van der Waals surface area contributed by atoms with Crippen LogP contribution >= 0.6 is 0 Å². The highest BCUT2D eigenvalue weighted by Crippen LogP contribution is 2.32.